The van der Waals surface area contributed by atoms with Crippen LogP contribution in [-0.2, 0) is 4.79 Å². The molecule has 4 rings (SSSR count). The molecular weight excluding hydrogens is 400 g/mol. The molecule has 0 saturated carbocycles. The summed E-state index contributed by atoms with van der Waals surface area (Å²) in [5.41, 5.74) is 4.49. The Hall–Kier alpha value is -3.67. The predicted molar refractivity (Wildman–Crippen MR) is 127 cm³/mol. The number of carbonyl (C=O) groups excluding carboxylic acids is 1. The lowest BCUT2D eigenvalue weighted by Crippen LogP contribution is -2.30. The molecule has 2 aromatic carbocycles. The highest BCUT2D eigenvalue weighted by molar-refractivity contribution is 5.95. The van der Waals surface area contributed by atoms with E-state index in [0.717, 1.165) is 34.3 Å². The van der Waals surface area contributed by atoms with E-state index in [1.54, 1.807) is 0 Å². The third-order valence-electron chi connectivity index (χ3n) is 5.25. The van der Waals surface area contributed by atoms with E-state index in [-0.39, 0.29) is 12.5 Å². The second-order valence-electron chi connectivity index (χ2n) is 8.26. The number of aromatic nitrogens is 3. The first kappa shape index (κ1) is 21.6. The molecule has 0 saturated heterocycles. The minimum atomic E-state index is -0.147. The average molecular weight is 429 g/mol. The summed E-state index contributed by atoms with van der Waals surface area (Å²) in [6.07, 6.45) is 0.938. The Morgan fingerprint density at radius 3 is 2.44 bits per heavy atom. The molecule has 0 aliphatic heterocycles. The van der Waals surface area contributed by atoms with Gasteiger partial charge in [0.05, 0.1) is 11.1 Å². The van der Waals surface area contributed by atoms with Crippen molar-refractivity contribution in [1.29, 1.82) is 0 Å². The van der Waals surface area contributed by atoms with Gasteiger partial charge in [0, 0.05) is 18.2 Å². The van der Waals surface area contributed by atoms with Crippen molar-refractivity contribution in [2.75, 3.05) is 13.2 Å². The van der Waals surface area contributed by atoms with Gasteiger partial charge in [0.2, 0.25) is 5.88 Å². The summed E-state index contributed by atoms with van der Waals surface area (Å²) in [7, 11) is 0. The molecule has 6 nitrogen and oxygen atoms in total. The molecule has 0 unspecified atom stereocenters. The van der Waals surface area contributed by atoms with E-state index in [1.165, 1.54) is 0 Å². The van der Waals surface area contributed by atoms with Crippen LogP contribution in [0.1, 0.15) is 25.8 Å². The quantitative estimate of drug-likeness (QED) is 0.432. The van der Waals surface area contributed by atoms with Gasteiger partial charge in [-0.2, -0.15) is 10.1 Å². The van der Waals surface area contributed by atoms with Crippen molar-refractivity contribution in [3.8, 4) is 22.8 Å². The molecule has 0 fully saturated rings. The largest absolute Gasteiger partial charge is 0.468 e. The second-order valence-corrected chi connectivity index (χ2v) is 8.26. The van der Waals surface area contributed by atoms with E-state index in [0.29, 0.717) is 24.0 Å². The van der Waals surface area contributed by atoms with Crippen molar-refractivity contribution >= 4 is 16.9 Å². The number of aryl methyl sites for hydroxylation is 1. The number of fused-ring (bicyclic) bond motifs is 1. The Kier molecular flexibility index (Phi) is 6.50. The lowest BCUT2D eigenvalue weighted by atomic mass is 10.1. The molecule has 164 valence electrons. The molecule has 2 heterocycles. The van der Waals surface area contributed by atoms with Crippen molar-refractivity contribution in [2.24, 2.45) is 5.92 Å². The van der Waals surface area contributed by atoms with Crippen LogP contribution in [0.4, 0.5) is 0 Å². The summed E-state index contributed by atoms with van der Waals surface area (Å²) in [6, 6.07) is 21.8. The lowest BCUT2D eigenvalue weighted by molar-refractivity contribution is -0.123. The molecule has 0 radical (unpaired) electrons. The molecule has 0 spiro atoms. The van der Waals surface area contributed by atoms with Crippen LogP contribution in [0.3, 0.4) is 0 Å². The lowest BCUT2D eigenvalue weighted by Gasteiger charge is -2.10. The van der Waals surface area contributed by atoms with E-state index in [1.807, 2.05) is 78.3 Å². The first-order valence-corrected chi connectivity index (χ1v) is 10.9. The zero-order chi connectivity index (χ0) is 22.5. The van der Waals surface area contributed by atoms with Gasteiger partial charge in [-0.3, -0.25) is 4.79 Å². The Morgan fingerprint density at radius 2 is 1.75 bits per heavy atom. The third kappa shape index (κ3) is 4.80. The number of rotatable bonds is 8. The number of nitrogens with one attached hydrogen (secondary N) is 1. The normalized spacial score (nSPS) is 11.1. The number of carbonyl (C=O) groups is 1. The molecule has 32 heavy (non-hydrogen) atoms. The van der Waals surface area contributed by atoms with Gasteiger partial charge >= 0.3 is 0 Å². The number of nitrogens with zero attached hydrogens (tertiary/aromatic N) is 3. The SMILES string of the molecule is Cc1cc(OCC(=O)NCCC(C)C)nc2c1c(-c1ccccc1)nn2-c1ccccc1. The molecule has 2 aromatic heterocycles. The monoisotopic (exact) mass is 428 g/mol. The maximum absolute atomic E-state index is 12.1. The zero-order valence-corrected chi connectivity index (χ0v) is 18.7. The summed E-state index contributed by atoms with van der Waals surface area (Å²) in [6.45, 7) is 6.85. The highest BCUT2D eigenvalue weighted by Crippen LogP contribution is 2.33. The third-order valence-corrected chi connectivity index (χ3v) is 5.25. The number of hydrogen-bond acceptors (Lipinski definition) is 4. The molecule has 6 heteroatoms. The van der Waals surface area contributed by atoms with E-state index in [9.17, 15) is 4.79 Å². The van der Waals surface area contributed by atoms with Crippen LogP contribution in [0, 0.1) is 12.8 Å². The summed E-state index contributed by atoms with van der Waals surface area (Å²) < 4.78 is 7.59. The van der Waals surface area contributed by atoms with Crippen molar-refractivity contribution < 1.29 is 9.53 Å². The van der Waals surface area contributed by atoms with Gasteiger partial charge in [0.1, 0.15) is 5.69 Å². The Labute approximate surface area is 188 Å². The zero-order valence-electron chi connectivity index (χ0n) is 18.7. The van der Waals surface area contributed by atoms with E-state index >= 15 is 0 Å². The number of hydrogen-bond donors (Lipinski definition) is 1. The van der Waals surface area contributed by atoms with Gasteiger partial charge < -0.3 is 10.1 Å². The minimum Gasteiger partial charge on any atom is -0.468 e. The maximum atomic E-state index is 12.1. The molecular formula is C26H28N4O2. The molecule has 1 N–H and O–H groups in total. The van der Waals surface area contributed by atoms with Crippen molar-refractivity contribution in [2.45, 2.75) is 27.2 Å². The predicted octanol–water partition coefficient (Wildman–Crippen LogP) is 4.94. The number of benzene rings is 2. The molecule has 1 amide bonds. The van der Waals surface area contributed by atoms with Gasteiger partial charge in [0.25, 0.3) is 5.91 Å². The fourth-order valence-corrected chi connectivity index (χ4v) is 3.58. The van der Waals surface area contributed by atoms with Crippen LogP contribution in [0.15, 0.2) is 66.7 Å². The molecule has 0 bridgehead atoms. The summed E-state index contributed by atoms with van der Waals surface area (Å²) >= 11 is 0. The highest BCUT2D eigenvalue weighted by Gasteiger charge is 2.18. The molecule has 0 aliphatic rings. The van der Waals surface area contributed by atoms with Gasteiger partial charge in [0.15, 0.2) is 12.3 Å². The van der Waals surface area contributed by atoms with E-state index < -0.39 is 0 Å². The van der Waals surface area contributed by atoms with Gasteiger partial charge in [-0.1, -0.05) is 62.4 Å². The van der Waals surface area contributed by atoms with Crippen molar-refractivity contribution in [3.63, 3.8) is 0 Å². The van der Waals surface area contributed by atoms with E-state index in [4.69, 9.17) is 14.8 Å². The topological polar surface area (TPSA) is 69.0 Å². The van der Waals surface area contributed by atoms with Crippen LogP contribution in [0.25, 0.3) is 28.0 Å². The minimum absolute atomic E-state index is 0.0684. The van der Waals surface area contributed by atoms with Crippen LogP contribution >= 0.6 is 0 Å². The first-order valence-electron chi connectivity index (χ1n) is 10.9. The van der Waals surface area contributed by atoms with Gasteiger partial charge in [-0.15, -0.1) is 0 Å². The van der Waals surface area contributed by atoms with Crippen LogP contribution < -0.4 is 10.1 Å². The Balaban J connectivity index is 1.68. The first-order chi connectivity index (χ1) is 15.5. The van der Waals surface area contributed by atoms with Gasteiger partial charge in [-0.25, -0.2) is 4.68 Å². The average Bonchev–Trinajstić information content (AvgIpc) is 3.19. The Bertz CT molecular complexity index is 1200. The Morgan fingerprint density at radius 1 is 1.06 bits per heavy atom. The van der Waals surface area contributed by atoms with Crippen LogP contribution in [0.5, 0.6) is 5.88 Å². The highest BCUT2D eigenvalue weighted by atomic mass is 16.5. The molecule has 0 atom stereocenters. The van der Waals surface area contributed by atoms with Crippen LogP contribution in [-0.4, -0.2) is 33.8 Å². The maximum Gasteiger partial charge on any atom is 0.258 e. The number of pyridine rings is 1. The second kappa shape index (κ2) is 9.64. The number of amides is 1. The van der Waals surface area contributed by atoms with Crippen molar-refractivity contribution in [1.82, 2.24) is 20.1 Å². The standard InChI is InChI=1S/C26H28N4O2/c1-18(2)14-15-27-22(31)17-32-23-16-19(3)24-25(20-10-6-4-7-11-20)29-30(26(24)28-23)21-12-8-5-9-13-21/h4-13,16,18H,14-15,17H2,1-3H3,(H,27,31). The smallest absolute Gasteiger partial charge is 0.258 e. The van der Waals surface area contributed by atoms with E-state index in [2.05, 4.69) is 19.2 Å². The van der Waals surface area contributed by atoms with Crippen LogP contribution in [0.2, 0.25) is 0 Å². The fourth-order valence-electron chi connectivity index (χ4n) is 3.58. The molecule has 0 aliphatic carbocycles. The number of ether oxygens (including phenoxy) is 1. The summed E-state index contributed by atoms with van der Waals surface area (Å²) in [5.74, 6) is 0.803. The van der Waals surface area contributed by atoms with Gasteiger partial charge in [-0.05, 0) is 37.0 Å². The number of para-hydroxylation sites is 1. The summed E-state index contributed by atoms with van der Waals surface area (Å²) in [4.78, 5) is 16.9. The fraction of sp³-hybridized carbons (Fsp3) is 0.269. The van der Waals surface area contributed by atoms with Crippen molar-refractivity contribution in [3.05, 3.63) is 72.3 Å². The molecule has 4 aromatic rings. The summed E-state index contributed by atoms with van der Waals surface area (Å²) in [5, 5.41) is 8.76.